The lowest BCUT2D eigenvalue weighted by molar-refractivity contribution is -0.118. The van der Waals surface area contributed by atoms with E-state index in [4.69, 9.17) is 4.42 Å². The van der Waals surface area contributed by atoms with Gasteiger partial charge in [-0.25, -0.2) is 0 Å². The van der Waals surface area contributed by atoms with Gasteiger partial charge in [-0.05, 0) is 23.8 Å². The van der Waals surface area contributed by atoms with E-state index >= 15 is 0 Å². The molecule has 2 aromatic carbocycles. The van der Waals surface area contributed by atoms with Crippen LogP contribution in [0.3, 0.4) is 0 Å². The van der Waals surface area contributed by atoms with Gasteiger partial charge < -0.3 is 15.1 Å². The Balaban J connectivity index is 1.66. The van der Waals surface area contributed by atoms with Crippen molar-refractivity contribution in [2.45, 2.75) is 40.3 Å². The molecule has 0 saturated heterocycles. The van der Waals surface area contributed by atoms with Gasteiger partial charge in [0.1, 0.15) is 11.3 Å². The minimum Gasteiger partial charge on any atom is -0.461 e. The number of furan rings is 1. The van der Waals surface area contributed by atoms with Crippen LogP contribution in [0.25, 0.3) is 11.0 Å². The monoisotopic (exact) mass is 350 g/mol. The molecular weight excluding hydrogens is 324 g/mol. The van der Waals surface area contributed by atoms with E-state index in [0.29, 0.717) is 0 Å². The van der Waals surface area contributed by atoms with Crippen LogP contribution in [0.4, 0.5) is 5.69 Å². The molecule has 0 fully saturated rings. The minimum absolute atomic E-state index is 0.0291. The number of benzene rings is 2. The summed E-state index contributed by atoms with van der Waals surface area (Å²) in [4.78, 5) is 11.9. The van der Waals surface area contributed by atoms with Crippen molar-refractivity contribution in [2.75, 3.05) is 5.32 Å². The molecule has 1 aromatic heterocycles. The number of fused-ring (bicyclic) bond motifs is 1. The van der Waals surface area contributed by atoms with Crippen LogP contribution in [0.15, 0.2) is 52.9 Å². The van der Waals surface area contributed by atoms with E-state index in [2.05, 4.69) is 29.7 Å². The molecule has 2 N–H and O–H groups in total. The first kappa shape index (κ1) is 18.2. The molecule has 1 amide bonds. The van der Waals surface area contributed by atoms with Crippen molar-refractivity contribution < 1.29 is 9.21 Å². The zero-order chi connectivity index (χ0) is 18.5. The van der Waals surface area contributed by atoms with Crippen LogP contribution in [0.1, 0.15) is 37.7 Å². The number of hydrogen-bond donors (Lipinski definition) is 2. The Bertz CT molecular complexity index is 896. The number of nitrogens with one attached hydrogen (secondary N) is 2. The van der Waals surface area contributed by atoms with Gasteiger partial charge in [-0.1, -0.05) is 51.1 Å². The maximum absolute atomic E-state index is 11.9. The molecule has 0 spiro atoms. The van der Waals surface area contributed by atoms with E-state index in [9.17, 15) is 4.79 Å². The number of rotatable bonds is 7. The molecule has 136 valence electrons. The van der Waals surface area contributed by atoms with Gasteiger partial charge in [-0.15, -0.1) is 0 Å². The first-order chi connectivity index (χ1) is 12.6. The van der Waals surface area contributed by atoms with Crippen molar-refractivity contribution in [2.24, 2.45) is 5.92 Å². The highest BCUT2D eigenvalue weighted by Gasteiger charge is 2.12. The number of anilines is 1. The fourth-order valence-electron chi connectivity index (χ4n) is 3.01. The first-order valence-corrected chi connectivity index (χ1v) is 9.18. The average molecular weight is 350 g/mol. The van der Waals surface area contributed by atoms with E-state index in [1.54, 1.807) is 0 Å². The van der Waals surface area contributed by atoms with E-state index < -0.39 is 0 Å². The summed E-state index contributed by atoms with van der Waals surface area (Å²) in [7, 11) is 0. The van der Waals surface area contributed by atoms with Crippen LogP contribution >= 0.6 is 0 Å². The highest BCUT2D eigenvalue weighted by molar-refractivity contribution is 5.92. The number of carbonyl (C=O) groups is 1. The number of amides is 1. The Morgan fingerprint density at radius 2 is 1.88 bits per heavy atom. The molecule has 0 atom stereocenters. The van der Waals surface area contributed by atoms with Gasteiger partial charge >= 0.3 is 0 Å². The maximum Gasteiger partial charge on any atom is 0.226 e. The lowest BCUT2D eigenvalue weighted by Gasteiger charge is -2.10. The topological polar surface area (TPSA) is 54.3 Å². The molecule has 3 rings (SSSR count). The molecule has 0 bridgehead atoms. The normalized spacial score (nSPS) is 11.2. The Morgan fingerprint density at radius 3 is 2.65 bits per heavy atom. The summed E-state index contributed by atoms with van der Waals surface area (Å²) in [6.07, 6.45) is 0.877. The van der Waals surface area contributed by atoms with Gasteiger partial charge in [0, 0.05) is 42.1 Å². The van der Waals surface area contributed by atoms with Crippen LogP contribution in [0, 0.1) is 5.92 Å². The Hall–Kier alpha value is -2.59. The summed E-state index contributed by atoms with van der Waals surface area (Å²) < 4.78 is 5.95. The summed E-state index contributed by atoms with van der Waals surface area (Å²) in [5.41, 5.74) is 4.15. The quantitative estimate of drug-likeness (QED) is 0.638. The molecule has 26 heavy (non-hydrogen) atoms. The second-order valence-corrected chi connectivity index (χ2v) is 6.80. The molecule has 1 heterocycles. The summed E-state index contributed by atoms with van der Waals surface area (Å²) >= 11 is 0. The second-order valence-electron chi connectivity index (χ2n) is 6.80. The van der Waals surface area contributed by atoms with Crippen LogP contribution in [-0.2, 0) is 24.3 Å². The summed E-state index contributed by atoms with van der Waals surface area (Å²) in [6, 6.07) is 16.1. The van der Waals surface area contributed by atoms with Crippen molar-refractivity contribution in [1.29, 1.82) is 0 Å². The molecule has 3 aromatic rings. The highest BCUT2D eigenvalue weighted by Crippen LogP contribution is 2.26. The molecule has 4 nitrogen and oxygen atoms in total. The Morgan fingerprint density at radius 1 is 1.08 bits per heavy atom. The molecule has 0 aliphatic heterocycles. The molecule has 0 aliphatic rings. The van der Waals surface area contributed by atoms with Gasteiger partial charge in [-0.3, -0.25) is 4.79 Å². The van der Waals surface area contributed by atoms with E-state index in [1.165, 1.54) is 10.9 Å². The number of aryl methyl sites for hydroxylation is 1. The van der Waals surface area contributed by atoms with Crippen molar-refractivity contribution in [1.82, 2.24) is 5.32 Å². The average Bonchev–Trinajstić information content (AvgIpc) is 3.00. The standard InChI is InChI=1S/C22H26N2O2/c1-4-20-19(18-10-5-6-11-21(18)26-20)14-23-13-16-8-7-9-17(12-16)24-22(25)15(2)3/h5-12,15,23H,4,13-14H2,1-3H3,(H,24,25). The fraction of sp³-hybridized carbons (Fsp3) is 0.318. The number of carbonyl (C=O) groups excluding carboxylic acids is 1. The predicted octanol–water partition coefficient (Wildman–Crippen LogP) is 4.88. The SMILES string of the molecule is CCc1oc2ccccc2c1CNCc1cccc(NC(=O)C(C)C)c1. The molecule has 0 saturated carbocycles. The van der Waals surface area contributed by atoms with Gasteiger partial charge in [0.05, 0.1) is 0 Å². The van der Waals surface area contributed by atoms with Crippen molar-refractivity contribution in [3.05, 3.63) is 65.4 Å². The van der Waals surface area contributed by atoms with E-state index in [0.717, 1.165) is 42.1 Å². The van der Waals surface area contributed by atoms with E-state index in [-0.39, 0.29) is 11.8 Å². The summed E-state index contributed by atoms with van der Waals surface area (Å²) in [5, 5.41) is 7.62. The Labute approximate surface area is 154 Å². The second kappa shape index (κ2) is 8.19. The van der Waals surface area contributed by atoms with Gasteiger partial charge in [0.25, 0.3) is 0 Å². The van der Waals surface area contributed by atoms with Gasteiger partial charge in [0.2, 0.25) is 5.91 Å². The molecular formula is C22H26N2O2. The minimum atomic E-state index is -0.0291. The largest absolute Gasteiger partial charge is 0.461 e. The highest BCUT2D eigenvalue weighted by atomic mass is 16.3. The van der Waals surface area contributed by atoms with Crippen molar-refractivity contribution in [3.63, 3.8) is 0 Å². The van der Waals surface area contributed by atoms with Gasteiger partial charge in [-0.2, -0.15) is 0 Å². The molecule has 0 aliphatic carbocycles. The third kappa shape index (κ3) is 4.14. The zero-order valence-electron chi connectivity index (χ0n) is 15.6. The Kier molecular flexibility index (Phi) is 5.74. The number of hydrogen-bond acceptors (Lipinski definition) is 3. The lowest BCUT2D eigenvalue weighted by Crippen LogP contribution is -2.18. The molecule has 0 unspecified atom stereocenters. The first-order valence-electron chi connectivity index (χ1n) is 9.18. The zero-order valence-corrected chi connectivity index (χ0v) is 15.6. The maximum atomic E-state index is 11.9. The third-order valence-electron chi connectivity index (χ3n) is 4.45. The smallest absolute Gasteiger partial charge is 0.226 e. The fourth-order valence-corrected chi connectivity index (χ4v) is 3.01. The summed E-state index contributed by atoms with van der Waals surface area (Å²) in [6.45, 7) is 7.38. The van der Waals surface area contributed by atoms with Crippen LogP contribution in [0.2, 0.25) is 0 Å². The van der Waals surface area contributed by atoms with Crippen LogP contribution in [-0.4, -0.2) is 5.91 Å². The lowest BCUT2D eigenvalue weighted by atomic mass is 10.1. The van der Waals surface area contributed by atoms with Gasteiger partial charge in [0.15, 0.2) is 0 Å². The van der Waals surface area contributed by atoms with Crippen molar-refractivity contribution >= 4 is 22.6 Å². The van der Waals surface area contributed by atoms with E-state index in [1.807, 2.05) is 50.2 Å². The van der Waals surface area contributed by atoms with Crippen molar-refractivity contribution in [3.8, 4) is 0 Å². The van der Waals surface area contributed by atoms with Crippen LogP contribution < -0.4 is 10.6 Å². The predicted molar refractivity (Wildman–Crippen MR) is 106 cm³/mol. The molecule has 0 radical (unpaired) electrons. The molecule has 4 heteroatoms. The summed E-state index contributed by atoms with van der Waals surface area (Å²) in [5.74, 6) is 1.04. The van der Waals surface area contributed by atoms with Crippen LogP contribution in [0.5, 0.6) is 0 Å². The number of para-hydroxylation sites is 1. The third-order valence-corrected chi connectivity index (χ3v) is 4.45.